The fraction of sp³-hybridized carbons (Fsp3) is 0.778. The van der Waals surface area contributed by atoms with E-state index in [0.717, 1.165) is 0 Å². The minimum atomic E-state index is 1.19. The highest BCUT2D eigenvalue weighted by molar-refractivity contribution is 7.37. The third-order valence-corrected chi connectivity index (χ3v) is 2.58. The molecule has 0 radical (unpaired) electrons. The summed E-state index contributed by atoms with van der Waals surface area (Å²) in [5.74, 6) is 0. The average molecular weight is 158 g/mol. The number of rotatable bonds is 6. The van der Waals surface area contributed by atoms with E-state index in [4.69, 9.17) is 0 Å². The summed E-state index contributed by atoms with van der Waals surface area (Å²) in [5.41, 5.74) is 0. The Morgan fingerprint density at radius 1 is 1.20 bits per heavy atom. The van der Waals surface area contributed by atoms with Gasteiger partial charge in [0.15, 0.2) is 0 Å². The zero-order valence-corrected chi connectivity index (χ0v) is 8.19. The molecular weight excluding hydrogens is 139 g/mol. The summed E-state index contributed by atoms with van der Waals surface area (Å²) in [5, 5.41) is 0. The van der Waals surface area contributed by atoms with E-state index in [0.29, 0.717) is 0 Å². The van der Waals surface area contributed by atoms with Crippen LogP contribution in [0.1, 0.15) is 33.1 Å². The van der Waals surface area contributed by atoms with E-state index in [9.17, 15) is 0 Å². The van der Waals surface area contributed by atoms with Gasteiger partial charge in [0.1, 0.15) is 0 Å². The SMILES string of the molecule is CCC=CCCCPCC. The van der Waals surface area contributed by atoms with Gasteiger partial charge in [-0.2, -0.15) is 0 Å². The molecule has 0 aromatic heterocycles. The largest absolute Gasteiger partial charge is 0.122 e. The summed E-state index contributed by atoms with van der Waals surface area (Å²) in [7, 11) is 1.19. The van der Waals surface area contributed by atoms with Crippen LogP contribution < -0.4 is 0 Å². The molecule has 0 amide bonds. The van der Waals surface area contributed by atoms with Crippen molar-refractivity contribution in [3.05, 3.63) is 12.2 Å². The maximum Gasteiger partial charge on any atom is -0.0347 e. The first-order valence-electron chi connectivity index (χ1n) is 4.27. The molecule has 0 spiro atoms. The van der Waals surface area contributed by atoms with Gasteiger partial charge in [-0.1, -0.05) is 26.0 Å². The molecule has 0 N–H and O–H groups in total. The molecule has 0 aliphatic heterocycles. The van der Waals surface area contributed by atoms with Crippen molar-refractivity contribution in [3.8, 4) is 0 Å². The third kappa shape index (κ3) is 8.17. The van der Waals surface area contributed by atoms with Crippen LogP contribution >= 0.6 is 8.58 Å². The van der Waals surface area contributed by atoms with Crippen molar-refractivity contribution in [2.45, 2.75) is 33.1 Å². The van der Waals surface area contributed by atoms with E-state index < -0.39 is 0 Å². The van der Waals surface area contributed by atoms with Crippen molar-refractivity contribution < 1.29 is 0 Å². The van der Waals surface area contributed by atoms with Crippen LogP contribution in [0.5, 0.6) is 0 Å². The molecule has 0 aliphatic rings. The molecule has 10 heavy (non-hydrogen) atoms. The normalized spacial score (nSPS) is 12.2. The fourth-order valence-corrected chi connectivity index (χ4v) is 1.61. The Morgan fingerprint density at radius 3 is 2.60 bits per heavy atom. The Kier molecular flexibility index (Phi) is 9.33. The Labute approximate surface area is 66.9 Å². The minimum absolute atomic E-state index is 1.19. The van der Waals surface area contributed by atoms with Crippen molar-refractivity contribution in [3.63, 3.8) is 0 Å². The zero-order valence-electron chi connectivity index (χ0n) is 7.19. The summed E-state index contributed by atoms with van der Waals surface area (Å²) in [4.78, 5) is 0. The molecule has 0 nitrogen and oxygen atoms in total. The highest BCUT2D eigenvalue weighted by Crippen LogP contribution is 2.10. The van der Waals surface area contributed by atoms with Gasteiger partial charge in [-0.15, -0.1) is 8.58 Å². The molecule has 1 atom stereocenters. The molecule has 0 aliphatic carbocycles. The molecule has 0 bridgehead atoms. The molecule has 0 saturated heterocycles. The van der Waals surface area contributed by atoms with E-state index in [1.165, 1.54) is 40.2 Å². The van der Waals surface area contributed by atoms with Gasteiger partial charge < -0.3 is 0 Å². The number of hydrogen-bond donors (Lipinski definition) is 0. The van der Waals surface area contributed by atoms with Crippen LogP contribution in [0, 0.1) is 0 Å². The molecule has 0 saturated carbocycles. The lowest BCUT2D eigenvalue weighted by Gasteiger charge is -1.93. The second kappa shape index (κ2) is 9.17. The number of unbranched alkanes of at least 4 members (excludes halogenated alkanes) is 1. The highest BCUT2D eigenvalue weighted by Gasteiger charge is 1.82. The maximum absolute atomic E-state index is 2.31. The Morgan fingerprint density at radius 2 is 2.00 bits per heavy atom. The fourth-order valence-electron chi connectivity index (χ4n) is 0.806. The summed E-state index contributed by atoms with van der Waals surface area (Å²) in [6.45, 7) is 4.45. The molecule has 0 aromatic carbocycles. The smallest absolute Gasteiger partial charge is 0.0347 e. The van der Waals surface area contributed by atoms with Crippen LogP contribution in [0.15, 0.2) is 12.2 Å². The Bertz CT molecular complexity index is 76.8. The third-order valence-electron chi connectivity index (χ3n) is 1.38. The molecule has 1 unspecified atom stereocenters. The molecule has 0 rings (SSSR count). The molecule has 60 valence electrons. The predicted molar refractivity (Wildman–Crippen MR) is 52.4 cm³/mol. The van der Waals surface area contributed by atoms with Crippen molar-refractivity contribution in [1.82, 2.24) is 0 Å². The van der Waals surface area contributed by atoms with Gasteiger partial charge in [-0.05, 0) is 31.6 Å². The van der Waals surface area contributed by atoms with Crippen LogP contribution in [-0.2, 0) is 0 Å². The van der Waals surface area contributed by atoms with Gasteiger partial charge in [-0.3, -0.25) is 0 Å². The van der Waals surface area contributed by atoms with Gasteiger partial charge in [0.25, 0.3) is 0 Å². The zero-order chi connectivity index (χ0) is 7.66. The van der Waals surface area contributed by atoms with Gasteiger partial charge in [0, 0.05) is 0 Å². The summed E-state index contributed by atoms with van der Waals surface area (Å²) in [6.07, 6.45) is 11.2. The maximum atomic E-state index is 2.31. The molecule has 0 heterocycles. The van der Waals surface area contributed by atoms with E-state index >= 15 is 0 Å². The molecule has 1 heteroatoms. The molecule has 0 aromatic rings. The van der Waals surface area contributed by atoms with Crippen molar-refractivity contribution in [2.24, 2.45) is 0 Å². The van der Waals surface area contributed by atoms with Gasteiger partial charge in [0.2, 0.25) is 0 Å². The Balaban J connectivity index is 2.83. The van der Waals surface area contributed by atoms with Crippen molar-refractivity contribution >= 4 is 8.58 Å². The lowest BCUT2D eigenvalue weighted by Crippen LogP contribution is -1.75. The van der Waals surface area contributed by atoms with Crippen LogP contribution in [0.4, 0.5) is 0 Å². The standard InChI is InChI=1S/C9H19P/c1-3-5-6-7-8-9-10-4-2/h5-6,10H,3-4,7-9H2,1-2H3. The Hall–Kier alpha value is 0.170. The quantitative estimate of drug-likeness (QED) is 0.315. The average Bonchev–Trinajstić information content (AvgIpc) is 1.97. The van der Waals surface area contributed by atoms with Crippen LogP contribution in [0.2, 0.25) is 0 Å². The highest BCUT2D eigenvalue weighted by atomic mass is 31.1. The van der Waals surface area contributed by atoms with Crippen LogP contribution in [-0.4, -0.2) is 12.3 Å². The first-order valence-corrected chi connectivity index (χ1v) is 5.69. The van der Waals surface area contributed by atoms with E-state index in [2.05, 4.69) is 26.0 Å². The van der Waals surface area contributed by atoms with Gasteiger partial charge >= 0.3 is 0 Å². The van der Waals surface area contributed by atoms with E-state index in [-0.39, 0.29) is 0 Å². The minimum Gasteiger partial charge on any atom is -0.122 e. The monoisotopic (exact) mass is 158 g/mol. The predicted octanol–water partition coefficient (Wildman–Crippen LogP) is 3.43. The van der Waals surface area contributed by atoms with E-state index in [1.807, 2.05) is 0 Å². The summed E-state index contributed by atoms with van der Waals surface area (Å²) < 4.78 is 0. The van der Waals surface area contributed by atoms with E-state index in [1.54, 1.807) is 0 Å². The topological polar surface area (TPSA) is 0 Å². The van der Waals surface area contributed by atoms with Crippen LogP contribution in [0.25, 0.3) is 0 Å². The van der Waals surface area contributed by atoms with Gasteiger partial charge in [-0.25, -0.2) is 0 Å². The number of allylic oxidation sites excluding steroid dienone is 2. The molecular formula is C9H19P. The summed E-state index contributed by atoms with van der Waals surface area (Å²) in [6, 6.07) is 0. The lowest BCUT2D eigenvalue weighted by molar-refractivity contribution is 0.960. The van der Waals surface area contributed by atoms with Crippen molar-refractivity contribution in [1.29, 1.82) is 0 Å². The first kappa shape index (κ1) is 10.2. The summed E-state index contributed by atoms with van der Waals surface area (Å²) >= 11 is 0. The van der Waals surface area contributed by atoms with Crippen molar-refractivity contribution in [2.75, 3.05) is 12.3 Å². The van der Waals surface area contributed by atoms with Gasteiger partial charge in [0.05, 0.1) is 0 Å². The molecule has 0 fully saturated rings. The number of hydrogen-bond acceptors (Lipinski definition) is 0. The lowest BCUT2D eigenvalue weighted by atomic mass is 10.3. The second-order valence-electron chi connectivity index (χ2n) is 2.38. The first-order chi connectivity index (χ1) is 4.91. The van der Waals surface area contributed by atoms with Crippen LogP contribution in [0.3, 0.4) is 0 Å². The second-order valence-corrected chi connectivity index (χ2v) is 4.08.